The van der Waals surface area contributed by atoms with Crippen LogP contribution in [0, 0.1) is 0 Å². The first-order chi connectivity index (χ1) is 11.2. The van der Waals surface area contributed by atoms with E-state index in [0.29, 0.717) is 16.8 Å². The fraction of sp³-hybridized carbons (Fsp3) is 0. The van der Waals surface area contributed by atoms with Crippen molar-refractivity contribution < 1.29 is 4.79 Å². The maximum Gasteiger partial charge on any atom is 0.258 e. The minimum Gasteiger partial charge on any atom is -0.322 e. The molecular formula is C16H9ClN4OS. The topological polar surface area (TPSA) is 67.8 Å². The van der Waals surface area contributed by atoms with Crippen molar-refractivity contribution in [1.29, 1.82) is 0 Å². The summed E-state index contributed by atoms with van der Waals surface area (Å²) in [5, 5.41) is 5.73. The van der Waals surface area contributed by atoms with E-state index in [1.165, 1.54) is 11.3 Å². The molecular weight excluding hydrogens is 332 g/mol. The predicted molar refractivity (Wildman–Crippen MR) is 92.1 cm³/mol. The first-order valence-corrected chi connectivity index (χ1v) is 8.02. The van der Waals surface area contributed by atoms with Crippen molar-refractivity contribution >= 4 is 55.7 Å². The molecule has 0 bridgehead atoms. The van der Waals surface area contributed by atoms with Gasteiger partial charge >= 0.3 is 0 Å². The van der Waals surface area contributed by atoms with Gasteiger partial charge in [0.05, 0.1) is 21.3 Å². The number of hydrogen-bond donors (Lipinski definition) is 1. The Morgan fingerprint density at radius 3 is 3.04 bits per heavy atom. The molecule has 23 heavy (non-hydrogen) atoms. The molecule has 1 amide bonds. The van der Waals surface area contributed by atoms with Crippen LogP contribution in [0.25, 0.3) is 21.1 Å². The molecule has 0 fully saturated rings. The quantitative estimate of drug-likeness (QED) is 0.557. The van der Waals surface area contributed by atoms with Gasteiger partial charge in [-0.3, -0.25) is 9.78 Å². The minimum absolute atomic E-state index is 0.127. The molecule has 0 aliphatic rings. The number of amides is 1. The molecule has 0 saturated carbocycles. The lowest BCUT2D eigenvalue weighted by Gasteiger charge is -2.05. The van der Waals surface area contributed by atoms with Gasteiger partial charge in [0.25, 0.3) is 5.91 Å². The summed E-state index contributed by atoms with van der Waals surface area (Å²) in [4.78, 5) is 24.8. The van der Waals surface area contributed by atoms with Crippen LogP contribution in [-0.2, 0) is 0 Å². The Bertz CT molecular complexity index is 1050. The number of anilines is 1. The van der Waals surface area contributed by atoms with Crippen LogP contribution in [0.3, 0.4) is 0 Å². The van der Waals surface area contributed by atoms with E-state index in [9.17, 15) is 4.79 Å². The zero-order valence-corrected chi connectivity index (χ0v) is 13.2. The van der Waals surface area contributed by atoms with E-state index in [-0.39, 0.29) is 11.2 Å². The summed E-state index contributed by atoms with van der Waals surface area (Å²) < 4.78 is 0.822. The van der Waals surface area contributed by atoms with Gasteiger partial charge in [0.1, 0.15) is 0 Å². The van der Waals surface area contributed by atoms with Crippen LogP contribution >= 0.6 is 22.9 Å². The summed E-state index contributed by atoms with van der Waals surface area (Å²) in [5.41, 5.74) is 2.64. The van der Waals surface area contributed by atoms with Gasteiger partial charge < -0.3 is 5.32 Å². The number of halogens is 1. The van der Waals surface area contributed by atoms with Crippen molar-refractivity contribution in [3.63, 3.8) is 0 Å². The van der Waals surface area contributed by atoms with Gasteiger partial charge in [0.15, 0.2) is 0 Å². The van der Waals surface area contributed by atoms with Crippen molar-refractivity contribution in [2.75, 3.05) is 5.32 Å². The highest BCUT2D eigenvalue weighted by molar-refractivity contribution is 7.17. The average molecular weight is 341 g/mol. The van der Waals surface area contributed by atoms with Gasteiger partial charge in [-0.2, -0.15) is 0 Å². The van der Waals surface area contributed by atoms with E-state index in [2.05, 4.69) is 20.3 Å². The summed E-state index contributed by atoms with van der Waals surface area (Å²) in [6, 6.07) is 9.39. The highest BCUT2D eigenvalue weighted by atomic mass is 35.5. The number of rotatable bonds is 2. The molecule has 0 spiro atoms. The minimum atomic E-state index is -0.228. The highest BCUT2D eigenvalue weighted by Gasteiger charge is 2.14. The number of pyridine rings is 1. The smallest absolute Gasteiger partial charge is 0.258 e. The second kappa shape index (κ2) is 5.57. The molecule has 0 aliphatic heterocycles. The van der Waals surface area contributed by atoms with Crippen LogP contribution in [0.1, 0.15) is 10.4 Å². The molecule has 1 N–H and O–H groups in total. The molecule has 0 aliphatic carbocycles. The number of nitrogens with zero attached hydrogens (tertiary/aromatic N) is 3. The highest BCUT2D eigenvalue weighted by Crippen LogP contribution is 2.26. The molecule has 0 unspecified atom stereocenters. The SMILES string of the molecule is O=C(Nc1ccc2ncccc2c1)c1csc2cnc(Cl)nc12. The molecule has 4 rings (SSSR count). The second-order valence-corrected chi connectivity index (χ2v) is 6.12. The largest absolute Gasteiger partial charge is 0.322 e. The number of carbonyl (C=O) groups excluding carboxylic acids is 1. The molecule has 4 aromatic rings. The van der Waals surface area contributed by atoms with Crippen LogP contribution in [0.15, 0.2) is 48.1 Å². The average Bonchev–Trinajstić information content (AvgIpc) is 2.98. The number of fused-ring (bicyclic) bond motifs is 2. The Hall–Kier alpha value is -2.57. The fourth-order valence-electron chi connectivity index (χ4n) is 2.32. The number of aromatic nitrogens is 3. The lowest BCUT2D eigenvalue weighted by molar-refractivity contribution is 0.102. The summed E-state index contributed by atoms with van der Waals surface area (Å²) in [5.74, 6) is -0.228. The molecule has 3 aromatic heterocycles. The maximum atomic E-state index is 12.5. The van der Waals surface area contributed by atoms with Crippen molar-refractivity contribution in [3.8, 4) is 0 Å². The van der Waals surface area contributed by atoms with E-state index in [4.69, 9.17) is 11.6 Å². The normalized spacial score (nSPS) is 11.0. The van der Waals surface area contributed by atoms with Crippen LogP contribution in [-0.4, -0.2) is 20.9 Å². The summed E-state index contributed by atoms with van der Waals surface area (Å²) in [6.45, 7) is 0. The Morgan fingerprint density at radius 1 is 1.22 bits per heavy atom. The monoisotopic (exact) mass is 340 g/mol. The van der Waals surface area contributed by atoms with Gasteiger partial charge in [-0.25, -0.2) is 9.97 Å². The Morgan fingerprint density at radius 2 is 2.13 bits per heavy atom. The lowest BCUT2D eigenvalue weighted by atomic mass is 10.2. The van der Waals surface area contributed by atoms with Gasteiger partial charge in [0.2, 0.25) is 5.28 Å². The Kier molecular flexibility index (Phi) is 3.40. The summed E-state index contributed by atoms with van der Waals surface area (Å²) in [7, 11) is 0. The molecule has 1 aromatic carbocycles. The van der Waals surface area contributed by atoms with E-state index < -0.39 is 0 Å². The Balaban J connectivity index is 1.69. The number of hydrogen-bond acceptors (Lipinski definition) is 5. The molecule has 112 valence electrons. The third kappa shape index (κ3) is 2.62. The third-order valence-corrected chi connectivity index (χ3v) is 4.48. The van der Waals surface area contributed by atoms with Crippen LogP contribution < -0.4 is 5.32 Å². The molecule has 0 atom stereocenters. The molecule has 0 saturated heterocycles. The lowest BCUT2D eigenvalue weighted by Crippen LogP contribution is -2.11. The molecule has 7 heteroatoms. The standard InChI is InChI=1S/C16H9ClN4OS/c17-16-19-7-13-14(21-16)11(8-23-13)15(22)20-10-3-4-12-9(6-10)2-1-5-18-12/h1-8H,(H,20,22). The van der Waals surface area contributed by atoms with Crippen LogP contribution in [0.2, 0.25) is 5.28 Å². The van der Waals surface area contributed by atoms with E-state index in [1.807, 2.05) is 30.3 Å². The number of thiophene rings is 1. The van der Waals surface area contributed by atoms with Gasteiger partial charge in [0, 0.05) is 28.8 Å². The van der Waals surface area contributed by atoms with Crippen LogP contribution in [0.4, 0.5) is 5.69 Å². The van der Waals surface area contributed by atoms with Crippen molar-refractivity contribution in [2.24, 2.45) is 0 Å². The van der Waals surface area contributed by atoms with E-state index >= 15 is 0 Å². The molecule has 5 nitrogen and oxygen atoms in total. The number of nitrogens with one attached hydrogen (secondary N) is 1. The summed E-state index contributed by atoms with van der Waals surface area (Å²) >= 11 is 7.23. The van der Waals surface area contributed by atoms with E-state index in [0.717, 1.165) is 15.6 Å². The maximum absolute atomic E-state index is 12.5. The van der Waals surface area contributed by atoms with Crippen molar-refractivity contribution in [2.45, 2.75) is 0 Å². The molecule has 0 radical (unpaired) electrons. The summed E-state index contributed by atoms with van der Waals surface area (Å²) in [6.07, 6.45) is 3.36. The fourth-order valence-corrected chi connectivity index (χ4v) is 3.30. The first kappa shape index (κ1) is 14.0. The van der Waals surface area contributed by atoms with Gasteiger partial charge in [-0.1, -0.05) is 6.07 Å². The zero-order valence-electron chi connectivity index (χ0n) is 11.7. The zero-order chi connectivity index (χ0) is 15.8. The number of benzene rings is 1. The second-order valence-electron chi connectivity index (χ2n) is 4.87. The third-order valence-electron chi connectivity index (χ3n) is 3.39. The van der Waals surface area contributed by atoms with Gasteiger partial charge in [-0.05, 0) is 35.9 Å². The van der Waals surface area contributed by atoms with Crippen LogP contribution in [0.5, 0.6) is 0 Å². The van der Waals surface area contributed by atoms with Gasteiger partial charge in [-0.15, -0.1) is 11.3 Å². The molecule has 3 heterocycles. The van der Waals surface area contributed by atoms with E-state index in [1.54, 1.807) is 17.8 Å². The van der Waals surface area contributed by atoms with Crippen molar-refractivity contribution in [3.05, 3.63) is 59.0 Å². The Labute approximate surface area is 140 Å². The van der Waals surface area contributed by atoms with Crippen molar-refractivity contribution in [1.82, 2.24) is 15.0 Å². The first-order valence-electron chi connectivity index (χ1n) is 6.76. The number of carbonyl (C=O) groups is 1. The predicted octanol–water partition coefficient (Wildman–Crippen LogP) is 4.15.